The van der Waals surface area contributed by atoms with E-state index in [0.29, 0.717) is 5.56 Å². The van der Waals surface area contributed by atoms with Crippen molar-refractivity contribution in [2.75, 3.05) is 33.7 Å². The Hall–Kier alpha value is -2.18. The molecular formula is C18H25N5O. The van der Waals surface area contributed by atoms with Gasteiger partial charge in [0.1, 0.15) is 0 Å². The Morgan fingerprint density at radius 2 is 2.12 bits per heavy atom. The number of likely N-dealkylation sites (N-methyl/N-ethyl adjacent to an activating group) is 1. The van der Waals surface area contributed by atoms with Gasteiger partial charge in [-0.1, -0.05) is 12.1 Å². The smallest absolute Gasteiger partial charge is 0.251 e. The maximum Gasteiger partial charge on any atom is 0.251 e. The van der Waals surface area contributed by atoms with E-state index in [1.165, 1.54) is 5.56 Å². The Morgan fingerprint density at radius 3 is 2.83 bits per heavy atom. The average molecular weight is 327 g/mol. The zero-order valence-corrected chi connectivity index (χ0v) is 14.6. The van der Waals surface area contributed by atoms with Gasteiger partial charge in [0, 0.05) is 58.1 Å². The highest BCUT2D eigenvalue weighted by Gasteiger charge is 2.26. The number of aryl methyl sites for hydroxylation is 1. The van der Waals surface area contributed by atoms with Crippen LogP contribution >= 0.6 is 0 Å². The summed E-state index contributed by atoms with van der Waals surface area (Å²) >= 11 is 0. The highest BCUT2D eigenvalue weighted by atomic mass is 16.1. The van der Waals surface area contributed by atoms with Gasteiger partial charge in [0.15, 0.2) is 0 Å². The molecule has 1 aliphatic heterocycles. The van der Waals surface area contributed by atoms with Crippen molar-refractivity contribution in [1.29, 1.82) is 0 Å². The molecule has 1 aromatic carbocycles. The molecule has 1 aromatic heterocycles. The van der Waals surface area contributed by atoms with E-state index in [4.69, 9.17) is 0 Å². The van der Waals surface area contributed by atoms with Gasteiger partial charge in [-0.15, -0.1) is 0 Å². The van der Waals surface area contributed by atoms with Crippen LogP contribution in [-0.4, -0.2) is 59.2 Å². The zero-order chi connectivity index (χ0) is 17.1. The van der Waals surface area contributed by atoms with Crippen molar-refractivity contribution < 1.29 is 4.79 Å². The molecule has 1 aliphatic rings. The molecule has 24 heavy (non-hydrogen) atoms. The predicted octanol–water partition coefficient (Wildman–Crippen LogP) is 1.27. The lowest BCUT2D eigenvalue weighted by atomic mass is 10.00. The van der Waals surface area contributed by atoms with Crippen molar-refractivity contribution >= 4 is 5.91 Å². The molecule has 1 atom stereocenters. The quantitative estimate of drug-likeness (QED) is 0.919. The van der Waals surface area contributed by atoms with Gasteiger partial charge in [-0.25, -0.2) is 0 Å². The minimum atomic E-state index is -0.0411. The molecule has 128 valence electrons. The standard InChI is InChI=1S/C18H25N5O/c1-19-18(24)15-6-4-5-14(11-15)17-13-23(10-9-21(17)2)12-16-7-8-22(3)20-16/h4-8,11,17H,9-10,12-13H2,1-3H3,(H,19,24). The lowest BCUT2D eigenvalue weighted by Crippen LogP contribution is -2.46. The Bertz CT molecular complexity index is 711. The normalized spacial score (nSPS) is 19.4. The number of nitrogens with zero attached hydrogens (tertiary/aromatic N) is 4. The van der Waals surface area contributed by atoms with Crippen LogP contribution in [-0.2, 0) is 13.6 Å². The van der Waals surface area contributed by atoms with E-state index in [1.807, 2.05) is 36.1 Å². The third-order valence-corrected chi connectivity index (χ3v) is 4.65. The molecule has 2 aromatic rings. The lowest BCUT2D eigenvalue weighted by molar-refractivity contribution is 0.0891. The van der Waals surface area contributed by atoms with Crippen LogP contribution in [0.3, 0.4) is 0 Å². The van der Waals surface area contributed by atoms with E-state index in [9.17, 15) is 4.79 Å². The van der Waals surface area contributed by atoms with Crippen LogP contribution < -0.4 is 5.32 Å². The van der Waals surface area contributed by atoms with E-state index < -0.39 is 0 Å². The number of aromatic nitrogens is 2. The van der Waals surface area contributed by atoms with Crippen molar-refractivity contribution in [3.63, 3.8) is 0 Å². The molecular weight excluding hydrogens is 302 g/mol. The number of rotatable bonds is 4. The molecule has 3 rings (SSSR count). The molecule has 0 radical (unpaired) electrons. The van der Waals surface area contributed by atoms with E-state index in [2.05, 4.69) is 39.4 Å². The van der Waals surface area contributed by atoms with Gasteiger partial charge in [-0.3, -0.25) is 19.3 Å². The second-order valence-corrected chi connectivity index (χ2v) is 6.42. The van der Waals surface area contributed by atoms with Gasteiger partial charge in [-0.2, -0.15) is 5.10 Å². The number of carbonyl (C=O) groups is 1. The second-order valence-electron chi connectivity index (χ2n) is 6.42. The molecule has 0 saturated carbocycles. The van der Waals surface area contributed by atoms with E-state index in [0.717, 1.165) is 31.9 Å². The van der Waals surface area contributed by atoms with Crippen LogP contribution in [0, 0.1) is 0 Å². The summed E-state index contributed by atoms with van der Waals surface area (Å²) in [6, 6.07) is 10.3. The van der Waals surface area contributed by atoms with Crippen LogP contribution in [0.25, 0.3) is 0 Å². The summed E-state index contributed by atoms with van der Waals surface area (Å²) in [6.07, 6.45) is 1.98. The first kappa shape index (κ1) is 16.7. The summed E-state index contributed by atoms with van der Waals surface area (Å²) in [5.41, 5.74) is 2.99. The fraction of sp³-hybridized carbons (Fsp3) is 0.444. The summed E-state index contributed by atoms with van der Waals surface area (Å²) in [4.78, 5) is 16.7. The van der Waals surface area contributed by atoms with Gasteiger partial charge < -0.3 is 5.32 Å². The first-order chi connectivity index (χ1) is 11.6. The van der Waals surface area contributed by atoms with Crippen LogP contribution in [0.15, 0.2) is 36.5 Å². The van der Waals surface area contributed by atoms with Gasteiger partial charge in [-0.05, 0) is 30.8 Å². The minimum Gasteiger partial charge on any atom is -0.355 e. The monoisotopic (exact) mass is 327 g/mol. The molecule has 0 spiro atoms. The first-order valence-corrected chi connectivity index (χ1v) is 8.30. The summed E-state index contributed by atoms with van der Waals surface area (Å²) in [5.74, 6) is -0.0411. The van der Waals surface area contributed by atoms with Gasteiger partial charge >= 0.3 is 0 Å². The summed E-state index contributed by atoms with van der Waals surface area (Å²) in [6.45, 7) is 3.82. The fourth-order valence-electron chi connectivity index (χ4n) is 3.24. The molecule has 2 heterocycles. The zero-order valence-electron chi connectivity index (χ0n) is 14.6. The second kappa shape index (κ2) is 7.15. The summed E-state index contributed by atoms with van der Waals surface area (Å²) in [5, 5.41) is 7.17. The number of amides is 1. The van der Waals surface area contributed by atoms with Gasteiger partial charge in [0.25, 0.3) is 5.91 Å². The SMILES string of the molecule is CNC(=O)c1cccc(C2CN(Cc3ccn(C)n3)CCN2C)c1. The Kier molecular flexibility index (Phi) is 4.97. The largest absolute Gasteiger partial charge is 0.355 e. The number of benzene rings is 1. The van der Waals surface area contributed by atoms with E-state index in [1.54, 1.807) is 7.05 Å². The van der Waals surface area contributed by atoms with Crippen molar-refractivity contribution in [1.82, 2.24) is 24.9 Å². The first-order valence-electron chi connectivity index (χ1n) is 8.30. The van der Waals surface area contributed by atoms with Crippen molar-refractivity contribution in [2.24, 2.45) is 7.05 Å². The van der Waals surface area contributed by atoms with Gasteiger partial charge in [0.2, 0.25) is 0 Å². The average Bonchev–Trinajstić information content (AvgIpc) is 3.01. The molecule has 6 heteroatoms. The summed E-state index contributed by atoms with van der Waals surface area (Å²) < 4.78 is 1.84. The molecule has 0 aliphatic carbocycles. The highest BCUT2D eigenvalue weighted by molar-refractivity contribution is 5.94. The number of piperazine rings is 1. The fourth-order valence-corrected chi connectivity index (χ4v) is 3.24. The number of nitrogens with one attached hydrogen (secondary N) is 1. The summed E-state index contributed by atoms with van der Waals surface area (Å²) in [7, 11) is 5.76. The van der Waals surface area contributed by atoms with E-state index >= 15 is 0 Å². The third kappa shape index (κ3) is 3.66. The Balaban J connectivity index is 1.75. The van der Waals surface area contributed by atoms with Crippen LogP contribution in [0.2, 0.25) is 0 Å². The molecule has 1 saturated heterocycles. The van der Waals surface area contributed by atoms with Crippen molar-refractivity contribution in [3.8, 4) is 0 Å². The molecule has 6 nitrogen and oxygen atoms in total. The van der Waals surface area contributed by atoms with Gasteiger partial charge in [0.05, 0.1) is 5.69 Å². The number of carbonyl (C=O) groups excluding carboxylic acids is 1. The molecule has 1 N–H and O–H groups in total. The number of hydrogen-bond donors (Lipinski definition) is 1. The van der Waals surface area contributed by atoms with Crippen LogP contribution in [0.1, 0.15) is 27.7 Å². The molecule has 0 bridgehead atoms. The van der Waals surface area contributed by atoms with Crippen LogP contribution in [0.5, 0.6) is 0 Å². The number of hydrogen-bond acceptors (Lipinski definition) is 4. The predicted molar refractivity (Wildman–Crippen MR) is 93.7 cm³/mol. The maximum absolute atomic E-state index is 11.9. The maximum atomic E-state index is 11.9. The highest BCUT2D eigenvalue weighted by Crippen LogP contribution is 2.25. The molecule has 1 fully saturated rings. The van der Waals surface area contributed by atoms with E-state index in [-0.39, 0.29) is 11.9 Å². The lowest BCUT2D eigenvalue weighted by Gasteiger charge is -2.39. The van der Waals surface area contributed by atoms with Crippen molar-refractivity contribution in [2.45, 2.75) is 12.6 Å². The third-order valence-electron chi connectivity index (χ3n) is 4.65. The molecule has 1 unspecified atom stereocenters. The molecule has 1 amide bonds. The Morgan fingerprint density at radius 1 is 1.29 bits per heavy atom. The Labute approximate surface area is 143 Å². The topological polar surface area (TPSA) is 53.4 Å². The van der Waals surface area contributed by atoms with Crippen molar-refractivity contribution in [3.05, 3.63) is 53.3 Å². The minimum absolute atomic E-state index is 0.0411. The van der Waals surface area contributed by atoms with Crippen LogP contribution in [0.4, 0.5) is 0 Å².